The van der Waals surface area contributed by atoms with Crippen LogP contribution >= 0.6 is 0 Å². The maximum Gasteiger partial charge on any atom is 0.237 e. The Hall–Kier alpha value is -0.610. The topological polar surface area (TPSA) is 64.4 Å². The molecule has 2 unspecified atom stereocenters. The number of carbonyl (C=O) groups excluding carboxylic acids is 1. The van der Waals surface area contributed by atoms with Crippen molar-refractivity contribution in [1.82, 2.24) is 5.32 Å². The molecule has 0 radical (unpaired) electrons. The highest BCUT2D eigenvalue weighted by atomic mass is 16.5. The lowest BCUT2D eigenvalue weighted by molar-refractivity contribution is -0.123. The van der Waals surface area contributed by atoms with E-state index < -0.39 is 0 Å². The van der Waals surface area contributed by atoms with E-state index >= 15 is 0 Å². The monoisotopic (exact) mass is 254 g/mol. The molecule has 4 heteroatoms. The van der Waals surface area contributed by atoms with E-state index in [1.54, 1.807) is 0 Å². The molecule has 0 aromatic carbocycles. The van der Waals surface area contributed by atoms with Crippen LogP contribution < -0.4 is 11.1 Å². The summed E-state index contributed by atoms with van der Waals surface area (Å²) >= 11 is 0. The van der Waals surface area contributed by atoms with Crippen molar-refractivity contribution in [2.75, 3.05) is 13.2 Å². The Bertz CT molecular complexity index is 259. The van der Waals surface area contributed by atoms with Crippen LogP contribution in [0.3, 0.4) is 0 Å². The minimum absolute atomic E-state index is 0.00364. The molecule has 1 saturated heterocycles. The SMILES string of the molecule is NC(CC1CCCCC1)C(=O)NCC1CCCO1. The summed E-state index contributed by atoms with van der Waals surface area (Å²) in [7, 11) is 0. The molecule has 1 aliphatic heterocycles. The first-order valence-corrected chi connectivity index (χ1v) is 7.40. The molecule has 4 nitrogen and oxygen atoms in total. The van der Waals surface area contributed by atoms with Crippen LogP contribution in [0.25, 0.3) is 0 Å². The molecular formula is C14H26N2O2. The number of nitrogens with two attached hydrogens (primary N) is 1. The van der Waals surface area contributed by atoms with Crippen LogP contribution in [0.1, 0.15) is 51.4 Å². The molecule has 1 amide bonds. The Balaban J connectivity index is 1.63. The minimum Gasteiger partial charge on any atom is -0.376 e. The molecule has 2 rings (SSSR count). The minimum atomic E-state index is -0.338. The van der Waals surface area contributed by atoms with Gasteiger partial charge in [0, 0.05) is 13.2 Å². The van der Waals surface area contributed by atoms with Gasteiger partial charge in [0.2, 0.25) is 5.91 Å². The quantitative estimate of drug-likeness (QED) is 0.783. The van der Waals surface area contributed by atoms with Crippen molar-refractivity contribution < 1.29 is 9.53 Å². The molecule has 104 valence electrons. The van der Waals surface area contributed by atoms with Crippen molar-refractivity contribution in [3.63, 3.8) is 0 Å². The Morgan fingerprint density at radius 3 is 2.67 bits per heavy atom. The molecular weight excluding hydrogens is 228 g/mol. The average Bonchev–Trinajstić information content (AvgIpc) is 2.90. The lowest BCUT2D eigenvalue weighted by atomic mass is 9.85. The number of ether oxygens (including phenoxy) is 1. The van der Waals surface area contributed by atoms with Gasteiger partial charge in [0.15, 0.2) is 0 Å². The van der Waals surface area contributed by atoms with Crippen molar-refractivity contribution >= 4 is 5.91 Å². The first-order valence-electron chi connectivity index (χ1n) is 7.40. The number of nitrogens with one attached hydrogen (secondary N) is 1. The van der Waals surface area contributed by atoms with Gasteiger partial charge in [-0.15, -0.1) is 0 Å². The molecule has 1 aliphatic carbocycles. The first-order chi connectivity index (χ1) is 8.75. The van der Waals surface area contributed by atoms with Gasteiger partial charge in [0.25, 0.3) is 0 Å². The summed E-state index contributed by atoms with van der Waals surface area (Å²) in [5.74, 6) is 0.651. The number of rotatable bonds is 5. The summed E-state index contributed by atoms with van der Waals surface area (Å²) < 4.78 is 5.48. The van der Waals surface area contributed by atoms with Gasteiger partial charge in [-0.1, -0.05) is 32.1 Å². The van der Waals surface area contributed by atoms with Gasteiger partial charge in [0.1, 0.15) is 0 Å². The fraction of sp³-hybridized carbons (Fsp3) is 0.929. The third-order valence-electron chi connectivity index (χ3n) is 4.18. The van der Waals surface area contributed by atoms with E-state index in [1.165, 1.54) is 32.1 Å². The lowest BCUT2D eigenvalue weighted by Gasteiger charge is -2.24. The zero-order chi connectivity index (χ0) is 12.8. The van der Waals surface area contributed by atoms with E-state index in [1.807, 2.05) is 0 Å². The van der Waals surface area contributed by atoms with Crippen LogP contribution in [0.4, 0.5) is 0 Å². The van der Waals surface area contributed by atoms with E-state index in [4.69, 9.17) is 10.5 Å². The van der Waals surface area contributed by atoms with Gasteiger partial charge in [-0.05, 0) is 25.2 Å². The Kier molecular flexibility index (Phi) is 5.45. The Morgan fingerprint density at radius 1 is 1.22 bits per heavy atom. The first kappa shape index (κ1) is 13.8. The van der Waals surface area contributed by atoms with Gasteiger partial charge in [-0.25, -0.2) is 0 Å². The highest BCUT2D eigenvalue weighted by molar-refractivity contribution is 5.81. The zero-order valence-corrected chi connectivity index (χ0v) is 11.2. The van der Waals surface area contributed by atoms with Gasteiger partial charge < -0.3 is 15.8 Å². The molecule has 0 aromatic heterocycles. The van der Waals surface area contributed by atoms with Gasteiger partial charge in [0.05, 0.1) is 12.1 Å². The number of carbonyl (C=O) groups is 1. The summed E-state index contributed by atoms with van der Waals surface area (Å²) in [6.45, 7) is 1.45. The highest BCUT2D eigenvalue weighted by Crippen LogP contribution is 2.26. The van der Waals surface area contributed by atoms with Crippen LogP contribution in [-0.4, -0.2) is 31.2 Å². The van der Waals surface area contributed by atoms with Crippen molar-refractivity contribution in [3.8, 4) is 0 Å². The van der Waals surface area contributed by atoms with Gasteiger partial charge >= 0.3 is 0 Å². The van der Waals surface area contributed by atoms with Crippen LogP contribution in [-0.2, 0) is 9.53 Å². The van der Waals surface area contributed by atoms with E-state index in [9.17, 15) is 4.79 Å². The summed E-state index contributed by atoms with van der Waals surface area (Å²) in [5.41, 5.74) is 5.98. The summed E-state index contributed by atoms with van der Waals surface area (Å²) in [6, 6.07) is -0.338. The summed E-state index contributed by atoms with van der Waals surface area (Å²) in [5, 5.41) is 2.93. The average molecular weight is 254 g/mol. The van der Waals surface area contributed by atoms with Crippen molar-refractivity contribution in [2.45, 2.75) is 63.5 Å². The molecule has 1 saturated carbocycles. The van der Waals surface area contributed by atoms with Crippen LogP contribution in [0.15, 0.2) is 0 Å². The molecule has 2 atom stereocenters. The molecule has 0 spiro atoms. The molecule has 18 heavy (non-hydrogen) atoms. The van der Waals surface area contributed by atoms with Crippen molar-refractivity contribution in [1.29, 1.82) is 0 Å². The molecule has 2 aliphatic rings. The third-order valence-corrected chi connectivity index (χ3v) is 4.18. The van der Waals surface area contributed by atoms with Crippen LogP contribution in [0.5, 0.6) is 0 Å². The van der Waals surface area contributed by atoms with E-state index in [0.29, 0.717) is 12.5 Å². The predicted molar refractivity (Wildman–Crippen MR) is 71.2 cm³/mol. The zero-order valence-electron chi connectivity index (χ0n) is 11.2. The number of amides is 1. The highest BCUT2D eigenvalue weighted by Gasteiger charge is 2.22. The molecule has 0 aromatic rings. The van der Waals surface area contributed by atoms with E-state index in [2.05, 4.69) is 5.32 Å². The maximum atomic E-state index is 11.9. The summed E-state index contributed by atoms with van der Waals surface area (Å²) in [4.78, 5) is 11.9. The Morgan fingerprint density at radius 2 is 2.00 bits per heavy atom. The molecule has 3 N–H and O–H groups in total. The van der Waals surface area contributed by atoms with E-state index in [-0.39, 0.29) is 18.1 Å². The van der Waals surface area contributed by atoms with Crippen molar-refractivity contribution in [3.05, 3.63) is 0 Å². The fourth-order valence-electron chi connectivity index (χ4n) is 3.04. The third kappa shape index (κ3) is 4.25. The normalized spacial score (nSPS) is 27.1. The number of hydrogen-bond acceptors (Lipinski definition) is 3. The molecule has 0 bridgehead atoms. The second-order valence-corrected chi connectivity index (χ2v) is 5.73. The van der Waals surface area contributed by atoms with E-state index in [0.717, 1.165) is 25.9 Å². The molecule has 1 heterocycles. The second kappa shape index (κ2) is 7.10. The largest absolute Gasteiger partial charge is 0.376 e. The Labute approximate surface area is 110 Å². The van der Waals surface area contributed by atoms with Crippen LogP contribution in [0, 0.1) is 5.92 Å². The summed E-state index contributed by atoms with van der Waals surface area (Å²) in [6.07, 6.45) is 9.64. The lowest BCUT2D eigenvalue weighted by Crippen LogP contribution is -2.44. The van der Waals surface area contributed by atoms with Gasteiger partial charge in [-0.2, -0.15) is 0 Å². The standard InChI is InChI=1S/C14H26N2O2/c15-13(9-11-5-2-1-3-6-11)14(17)16-10-12-7-4-8-18-12/h11-13H,1-10,15H2,(H,16,17). The predicted octanol–water partition coefficient (Wildman–Crippen LogP) is 1.58. The van der Waals surface area contributed by atoms with Gasteiger partial charge in [-0.3, -0.25) is 4.79 Å². The van der Waals surface area contributed by atoms with Crippen molar-refractivity contribution in [2.24, 2.45) is 11.7 Å². The maximum absolute atomic E-state index is 11.9. The number of hydrogen-bond donors (Lipinski definition) is 2. The van der Waals surface area contributed by atoms with Crippen LogP contribution in [0.2, 0.25) is 0 Å². The smallest absolute Gasteiger partial charge is 0.237 e. The second-order valence-electron chi connectivity index (χ2n) is 5.73. The molecule has 2 fully saturated rings. The fourth-order valence-corrected chi connectivity index (χ4v) is 3.04.